The number of hydrogen-bond donors (Lipinski definition) is 1. The van der Waals surface area contributed by atoms with Crippen LogP contribution in [0.5, 0.6) is 0 Å². The van der Waals surface area contributed by atoms with E-state index in [2.05, 4.69) is 9.71 Å². The third kappa shape index (κ3) is 3.64. The number of benzene rings is 1. The molecule has 1 heterocycles. The minimum Gasteiger partial charge on any atom is -0.255 e. The fraction of sp³-hybridized carbons (Fsp3) is 0.400. The molecule has 0 unspecified atom stereocenters. The summed E-state index contributed by atoms with van der Waals surface area (Å²) in [5, 5.41) is 0.835. The van der Waals surface area contributed by atoms with Crippen LogP contribution in [0.3, 0.4) is 0 Å². The minimum atomic E-state index is -3.96. The number of pyridine rings is 1. The van der Waals surface area contributed by atoms with Gasteiger partial charge in [0.15, 0.2) is 0 Å². The molecule has 0 bridgehead atoms. The van der Waals surface area contributed by atoms with Crippen LogP contribution in [0.2, 0.25) is 10.0 Å². The van der Waals surface area contributed by atoms with Gasteiger partial charge in [-0.15, -0.1) is 0 Å². The molecule has 9 heteroatoms. The van der Waals surface area contributed by atoms with E-state index in [4.69, 9.17) is 23.2 Å². The summed E-state index contributed by atoms with van der Waals surface area (Å²) in [4.78, 5) is 3.90. The minimum absolute atomic E-state index is 0.0103. The molecule has 0 amide bonds. The van der Waals surface area contributed by atoms with Crippen LogP contribution in [-0.2, 0) is 10.0 Å². The van der Waals surface area contributed by atoms with Gasteiger partial charge in [-0.25, -0.2) is 21.9 Å². The van der Waals surface area contributed by atoms with Crippen molar-refractivity contribution in [1.29, 1.82) is 0 Å². The number of aromatic nitrogens is 1. The van der Waals surface area contributed by atoms with Crippen molar-refractivity contribution in [2.24, 2.45) is 0 Å². The molecule has 0 radical (unpaired) electrons. The first-order chi connectivity index (χ1) is 11.2. The van der Waals surface area contributed by atoms with Crippen LogP contribution >= 0.6 is 23.2 Å². The molecule has 1 aromatic heterocycles. The Bertz CT molecular complexity index is 880. The van der Waals surface area contributed by atoms with E-state index in [0.29, 0.717) is 15.9 Å². The molecule has 0 spiro atoms. The van der Waals surface area contributed by atoms with Crippen LogP contribution in [0.25, 0.3) is 10.9 Å². The van der Waals surface area contributed by atoms with Crippen molar-refractivity contribution in [3.05, 3.63) is 34.4 Å². The number of hydrogen-bond acceptors (Lipinski definition) is 3. The molecule has 0 aliphatic heterocycles. The topological polar surface area (TPSA) is 59.1 Å². The molecule has 24 heavy (non-hydrogen) atoms. The largest absolute Gasteiger partial charge is 0.255 e. The molecule has 1 fully saturated rings. The summed E-state index contributed by atoms with van der Waals surface area (Å²) < 4.78 is 53.9. The van der Waals surface area contributed by atoms with Gasteiger partial charge in [0.2, 0.25) is 15.9 Å². The summed E-state index contributed by atoms with van der Waals surface area (Å²) in [6.45, 7) is 0. The van der Waals surface area contributed by atoms with Crippen LogP contribution < -0.4 is 4.72 Å². The van der Waals surface area contributed by atoms with Gasteiger partial charge in [0, 0.05) is 35.5 Å². The highest BCUT2D eigenvalue weighted by Gasteiger charge is 2.36. The van der Waals surface area contributed by atoms with Crippen molar-refractivity contribution in [3.63, 3.8) is 0 Å². The van der Waals surface area contributed by atoms with Crippen molar-refractivity contribution < 1.29 is 17.2 Å². The highest BCUT2D eigenvalue weighted by atomic mass is 35.5. The predicted molar refractivity (Wildman–Crippen MR) is 89.3 cm³/mol. The molecule has 3 rings (SSSR count). The molecule has 1 aliphatic rings. The van der Waals surface area contributed by atoms with E-state index >= 15 is 0 Å². The number of fused-ring (bicyclic) bond motifs is 1. The zero-order chi connectivity index (χ0) is 17.5. The number of alkyl halides is 2. The Morgan fingerprint density at radius 3 is 2.54 bits per heavy atom. The van der Waals surface area contributed by atoms with E-state index in [0.717, 1.165) is 0 Å². The van der Waals surface area contributed by atoms with Crippen molar-refractivity contribution in [2.45, 2.75) is 42.5 Å². The highest BCUT2D eigenvalue weighted by molar-refractivity contribution is 7.89. The average Bonchev–Trinajstić information content (AvgIpc) is 2.50. The lowest BCUT2D eigenvalue weighted by Gasteiger charge is -2.28. The molecule has 1 aromatic carbocycles. The molecular formula is C15H14Cl2F2N2O2S. The number of nitrogens with zero attached hydrogens (tertiary/aromatic N) is 1. The Morgan fingerprint density at radius 2 is 1.88 bits per heavy atom. The van der Waals surface area contributed by atoms with Crippen molar-refractivity contribution in [2.75, 3.05) is 0 Å². The fourth-order valence-corrected chi connectivity index (χ4v) is 4.76. The van der Waals surface area contributed by atoms with Gasteiger partial charge in [0.25, 0.3) is 0 Å². The summed E-state index contributed by atoms with van der Waals surface area (Å²) >= 11 is 12.1. The van der Waals surface area contributed by atoms with E-state index in [1.54, 1.807) is 12.1 Å². The van der Waals surface area contributed by atoms with E-state index < -0.39 is 22.0 Å². The summed E-state index contributed by atoms with van der Waals surface area (Å²) in [5.74, 6) is -2.72. The predicted octanol–water partition coefficient (Wildman–Crippen LogP) is 4.40. The zero-order valence-corrected chi connectivity index (χ0v) is 14.7. The molecule has 1 N–H and O–H groups in total. The van der Waals surface area contributed by atoms with Gasteiger partial charge in [-0.1, -0.05) is 23.2 Å². The van der Waals surface area contributed by atoms with Crippen LogP contribution in [0, 0.1) is 0 Å². The van der Waals surface area contributed by atoms with E-state index in [-0.39, 0.29) is 35.6 Å². The Hall–Kier alpha value is -1.02. The SMILES string of the molecule is O=S(=O)(NC1CCC(F)(F)CC1)c1cnc2ccc(Cl)cc2c1Cl. The maximum Gasteiger partial charge on any atom is 0.248 e. The number of rotatable bonds is 3. The Kier molecular flexibility index (Phi) is 4.72. The summed E-state index contributed by atoms with van der Waals surface area (Å²) in [7, 11) is -3.96. The van der Waals surface area contributed by atoms with Gasteiger partial charge in [-0.2, -0.15) is 0 Å². The normalized spacial score (nSPS) is 18.8. The van der Waals surface area contributed by atoms with Gasteiger partial charge in [0.05, 0.1) is 10.5 Å². The second kappa shape index (κ2) is 6.37. The maximum absolute atomic E-state index is 13.2. The monoisotopic (exact) mass is 394 g/mol. The molecule has 130 valence electrons. The number of nitrogens with one attached hydrogen (secondary N) is 1. The fourth-order valence-electron chi connectivity index (χ4n) is 2.74. The molecule has 2 aromatic rings. The first-order valence-corrected chi connectivity index (χ1v) is 9.56. The van der Waals surface area contributed by atoms with Gasteiger partial charge in [-0.05, 0) is 31.0 Å². The summed E-state index contributed by atoms with van der Waals surface area (Å²) in [5.41, 5.74) is 0.514. The van der Waals surface area contributed by atoms with Crippen LogP contribution in [-0.4, -0.2) is 25.4 Å². The standard InChI is InChI=1S/C15H14Cl2F2N2O2S/c16-9-1-2-12-11(7-9)14(17)13(8-20-12)24(22,23)21-10-3-5-15(18,19)6-4-10/h1-2,7-8,10,21H,3-6H2. The van der Waals surface area contributed by atoms with Gasteiger partial charge < -0.3 is 0 Å². The van der Waals surface area contributed by atoms with Gasteiger partial charge in [0.1, 0.15) is 4.90 Å². The lowest BCUT2D eigenvalue weighted by atomic mass is 9.93. The van der Waals surface area contributed by atoms with E-state index in [1.807, 2.05) is 0 Å². The van der Waals surface area contributed by atoms with Crippen molar-refractivity contribution in [3.8, 4) is 0 Å². The Labute approximate surface area is 148 Å². The third-order valence-corrected chi connectivity index (χ3v) is 6.35. The van der Waals surface area contributed by atoms with E-state index in [1.165, 1.54) is 12.3 Å². The molecular weight excluding hydrogens is 381 g/mol. The first-order valence-electron chi connectivity index (χ1n) is 7.32. The van der Waals surface area contributed by atoms with Crippen LogP contribution in [0.4, 0.5) is 8.78 Å². The lowest BCUT2D eigenvalue weighted by molar-refractivity contribution is -0.0387. The maximum atomic E-state index is 13.2. The molecule has 4 nitrogen and oxygen atoms in total. The summed E-state index contributed by atoms with van der Waals surface area (Å²) in [6.07, 6.45) is 0.657. The lowest BCUT2D eigenvalue weighted by Crippen LogP contribution is -2.40. The second-order valence-corrected chi connectivity index (χ2v) is 8.35. The Morgan fingerprint density at radius 1 is 1.21 bits per heavy atom. The van der Waals surface area contributed by atoms with Crippen LogP contribution in [0.15, 0.2) is 29.3 Å². The van der Waals surface area contributed by atoms with Crippen LogP contribution in [0.1, 0.15) is 25.7 Å². The second-order valence-electron chi connectivity index (χ2n) is 5.85. The van der Waals surface area contributed by atoms with Crippen molar-refractivity contribution >= 4 is 44.1 Å². The smallest absolute Gasteiger partial charge is 0.248 e. The highest BCUT2D eigenvalue weighted by Crippen LogP contribution is 2.35. The molecule has 0 atom stereocenters. The molecule has 1 aliphatic carbocycles. The summed E-state index contributed by atoms with van der Waals surface area (Å²) in [6, 6.07) is 4.26. The first kappa shape index (κ1) is 17.8. The Balaban J connectivity index is 1.90. The number of sulfonamides is 1. The zero-order valence-electron chi connectivity index (χ0n) is 12.4. The quantitative estimate of drug-likeness (QED) is 0.838. The third-order valence-electron chi connectivity index (χ3n) is 4.06. The van der Waals surface area contributed by atoms with Gasteiger partial charge >= 0.3 is 0 Å². The molecule has 1 saturated carbocycles. The number of halogens is 4. The van der Waals surface area contributed by atoms with E-state index in [9.17, 15) is 17.2 Å². The molecule has 0 saturated heterocycles. The van der Waals surface area contributed by atoms with Crippen molar-refractivity contribution in [1.82, 2.24) is 9.71 Å². The average molecular weight is 395 g/mol. The van der Waals surface area contributed by atoms with Gasteiger partial charge in [-0.3, -0.25) is 4.98 Å².